The zero-order valence-corrected chi connectivity index (χ0v) is 19.5. The van der Waals surface area contributed by atoms with E-state index in [9.17, 15) is 14.4 Å². The number of anilines is 1. The molecule has 3 aromatic rings. The summed E-state index contributed by atoms with van der Waals surface area (Å²) in [7, 11) is 0. The monoisotopic (exact) mass is 476 g/mol. The molecule has 8 nitrogen and oxygen atoms in total. The van der Waals surface area contributed by atoms with Crippen LogP contribution in [0, 0.1) is 6.92 Å². The highest BCUT2D eigenvalue weighted by atomic mass is 32.2. The van der Waals surface area contributed by atoms with Gasteiger partial charge in [0.15, 0.2) is 10.9 Å². The lowest BCUT2D eigenvalue weighted by molar-refractivity contribution is -0.119. The number of Topliss-reactive ketones (excluding diaryl/α,β-unsaturated/α-hetero) is 1. The number of carbonyl (C=O) groups is 2. The fourth-order valence-electron chi connectivity index (χ4n) is 4.38. The van der Waals surface area contributed by atoms with Crippen LogP contribution in [-0.2, 0) is 16.1 Å². The standard InChI is InChI=1S/C25H24N4O4S/c1-14-7-9-15(10-8-14)20-21-17(5-2-6-18(21)30)27-23-22(20)24(32)29-25(28-23)34-13-19(31)26-12-16-4-3-11-33-16/h3-4,7-11,20H,2,5-6,12-13H2,1H3,(H,26,31)(H2,27,28,29,32)/t20-/m1/s1. The van der Waals surface area contributed by atoms with Gasteiger partial charge in [-0.3, -0.25) is 14.4 Å². The van der Waals surface area contributed by atoms with Gasteiger partial charge in [-0.1, -0.05) is 41.6 Å². The quantitative estimate of drug-likeness (QED) is 0.367. The van der Waals surface area contributed by atoms with Gasteiger partial charge in [-0.05, 0) is 37.5 Å². The van der Waals surface area contributed by atoms with Gasteiger partial charge >= 0.3 is 0 Å². The van der Waals surface area contributed by atoms with Crippen LogP contribution in [0.25, 0.3) is 0 Å². The number of nitrogens with one attached hydrogen (secondary N) is 3. The Balaban J connectivity index is 1.42. The second-order valence-electron chi connectivity index (χ2n) is 8.42. The Morgan fingerprint density at radius 2 is 2.03 bits per heavy atom. The van der Waals surface area contributed by atoms with E-state index in [2.05, 4.69) is 20.6 Å². The molecule has 1 aliphatic carbocycles. The minimum absolute atomic E-state index is 0.0658. The van der Waals surface area contributed by atoms with E-state index in [0.717, 1.165) is 41.4 Å². The molecule has 174 valence electrons. The minimum atomic E-state index is -0.466. The molecule has 1 amide bonds. The van der Waals surface area contributed by atoms with Gasteiger partial charge in [0, 0.05) is 23.6 Å². The molecule has 0 unspecified atom stereocenters. The summed E-state index contributed by atoms with van der Waals surface area (Å²) in [6, 6.07) is 11.4. The first-order valence-electron chi connectivity index (χ1n) is 11.2. The van der Waals surface area contributed by atoms with Crippen LogP contribution in [0.3, 0.4) is 0 Å². The van der Waals surface area contributed by atoms with E-state index in [1.165, 1.54) is 0 Å². The van der Waals surface area contributed by atoms with Gasteiger partial charge in [0.1, 0.15) is 11.6 Å². The van der Waals surface area contributed by atoms with Crippen LogP contribution in [0.5, 0.6) is 0 Å². The van der Waals surface area contributed by atoms with Gasteiger partial charge in [-0.15, -0.1) is 0 Å². The number of ketones is 1. The number of rotatable bonds is 6. The maximum atomic E-state index is 13.2. The van der Waals surface area contributed by atoms with Gasteiger partial charge in [0.25, 0.3) is 5.56 Å². The minimum Gasteiger partial charge on any atom is -0.467 e. The molecule has 2 aromatic heterocycles. The Bertz CT molecular complexity index is 1330. The van der Waals surface area contributed by atoms with Crippen molar-refractivity contribution < 1.29 is 14.0 Å². The molecule has 0 bridgehead atoms. The van der Waals surface area contributed by atoms with E-state index in [0.29, 0.717) is 40.8 Å². The molecule has 0 saturated heterocycles. The lowest BCUT2D eigenvalue weighted by Crippen LogP contribution is -2.32. The first-order chi connectivity index (χ1) is 16.5. The van der Waals surface area contributed by atoms with E-state index in [-0.39, 0.29) is 23.0 Å². The molecule has 34 heavy (non-hydrogen) atoms. The van der Waals surface area contributed by atoms with Gasteiger partial charge in [-0.25, -0.2) is 4.98 Å². The van der Waals surface area contributed by atoms with Crippen molar-refractivity contribution in [2.75, 3.05) is 11.1 Å². The second kappa shape index (κ2) is 9.34. The molecule has 0 saturated carbocycles. The number of fused-ring (bicyclic) bond motifs is 1. The first-order valence-corrected chi connectivity index (χ1v) is 12.1. The maximum Gasteiger partial charge on any atom is 0.257 e. The molecule has 9 heteroatoms. The summed E-state index contributed by atoms with van der Waals surface area (Å²) in [4.78, 5) is 45.8. The lowest BCUT2D eigenvalue weighted by atomic mass is 9.76. The van der Waals surface area contributed by atoms with Crippen molar-refractivity contribution in [3.8, 4) is 0 Å². The number of aromatic nitrogens is 2. The number of thioether (sulfide) groups is 1. The van der Waals surface area contributed by atoms with Crippen LogP contribution >= 0.6 is 11.8 Å². The van der Waals surface area contributed by atoms with Gasteiger partial charge in [0.05, 0.1) is 24.1 Å². The Morgan fingerprint density at radius 3 is 2.79 bits per heavy atom. The number of aryl methyl sites for hydroxylation is 1. The molecule has 1 atom stereocenters. The lowest BCUT2D eigenvalue weighted by Gasteiger charge is -2.32. The van der Waals surface area contributed by atoms with Crippen molar-refractivity contribution in [1.29, 1.82) is 0 Å². The maximum absolute atomic E-state index is 13.2. The Labute approximate surface area is 200 Å². The summed E-state index contributed by atoms with van der Waals surface area (Å²) in [6.45, 7) is 2.30. The third-order valence-corrected chi connectivity index (χ3v) is 6.90. The molecule has 1 aromatic carbocycles. The van der Waals surface area contributed by atoms with E-state index in [1.54, 1.807) is 18.4 Å². The van der Waals surface area contributed by atoms with Crippen molar-refractivity contribution in [3.63, 3.8) is 0 Å². The third-order valence-electron chi connectivity index (χ3n) is 6.03. The summed E-state index contributed by atoms with van der Waals surface area (Å²) >= 11 is 1.15. The van der Waals surface area contributed by atoms with Gasteiger partial charge in [0.2, 0.25) is 5.91 Å². The topological polar surface area (TPSA) is 117 Å². The zero-order chi connectivity index (χ0) is 23.7. The predicted molar refractivity (Wildman–Crippen MR) is 129 cm³/mol. The normalized spacial score (nSPS) is 17.1. The molecular weight excluding hydrogens is 452 g/mol. The SMILES string of the molecule is Cc1ccc([C@@H]2C3=C(CCCC3=O)Nc3nc(SCC(=O)NCc4ccco4)[nH]c(=O)c32)cc1. The van der Waals surface area contributed by atoms with Crippen LogP contribution < -0.4 is 16.2 Å². The first kappa shape index (κ1) is 22.2. The third kappa shape index (κ3) is 4.43. The number of aromatic amines is 1. The largest absolute Gasteiger partial charge is 0.467 e. The fraction of sp³-hybridized carbons (Fsp3) is 0.280. The van der Waals surface area contributed by atoms with Crippen LogP contribution in [0.4, 0.5) is 5.82 Å². The Hall–Kier alpha value is -3.59. The number of allylic oxidation sites excluding steroid dienone is 2. The summed E-state index contributed by atoms with van der Waals surface area (Å²) in [6.07, 6.45) is 3.52. The van der Waals surface area contributed by atoms with Crippen LogP contribution in [0.1, 0.15) is 47.6 Å². The average Bonchev–Trinajstić information content (AvgIpc) is 3.35. The average molecular weight is 477 g/mol. The van der Waals surface area contributed by atoms with E-state index in [4.69, 9.17) is 4.42 Å². The van der Waals surface area contributed by atoms with Crippen LogP contribution in [-0.4, -0.2) is 27.4 Å². The molecule has 3 heterocycles. The molecule has 1 aliphatic heterocycles. The Kier molecular flexibility index (Phi) is 6.10. The number of benzene rings is 1. The summed E-state index contributed by atoms with van der Waals surface area (Å²) in [5.41, 5.74) is 3.61. The van der Waals surface area contributed by atoms with E-state index >= 15 is 0 Å². The Morgan fingerprint density at radius 1 is 1.21 bits per heavy atom. The summed E-state index contributed by atoms with van der Waals surface area (Å²) in [5, 5.41) is 6.37. The van der Waals surface area contributed by atoms with Crippen LogP contribution in [0.2, 0.25) is 0 Å². The number of H-pyrrole nitrogens is 1. The second-order valence-corrected chi connectivity index (χ2v) is 9.38. The van der Waals surface area contributed by atoms with Crippen molar-refractivity contribution in [1.82, 2.24) is 15.3 Å². The number of hydrogen-bond acceptors (Lipinski definition) is 7. The number of hydrogen-bond donors (Lipinski definition) is 3. The summed E-state index contributed by atoms with van der Waals surface area (Å²) < 4.78 is 5.21. The number of furan rings is 1. The highest BCUT2D eigenvalue weighted by Gasteiger charge is 2.37. The molecule has 0 spiro atoms. The van der Waals surface area contributed by atoms with Crippen molar-refractivity contribution >= 4 is 29.3 Å². The highest BCUT2D eigenvalue weighted by Crippen LogP contribution is 2.43. The van der Waals surface area contributed by atoms with Gasteiger partial charge in [-0.2, -0.15) is 0 Å². The molecule has 2 aliphatic rings. The smallest absolute Gasteiger partial charge is 0.257 e. The molecule has 3 N–H and O–H groups in total. The number of amides is 1. The molecule has 0 fully saturated rings. The fourth-order valence-corrected chi connectivity index (χ4v) is 5.08. The van der Waals surface area contributed by atoms with E-state index < -0.39 is 5.92 Å². The summed E-state index contributed by atoms with van der Waals surface area (Å²) in [5.74, 6) is 0.603. The molecule has 5 rings (SSSR count). The predicted octanol–water partition coefficient (Wildman–Crippen LogP) is 3.64. The van der Waals surface area contributed by atoms with Crippen molar-refractivity contribution in [2.45, 2.75) is 43.8 Å². The number of nitrogens with zero attached hydrogens (tertiary/aromatic N) is 1. The van der Waals surface area contributed by atoms with E-state index in [1.807, 2.05) is 31.2 Å². The highest BCUT2D eigenvalue weighted by molar-refractivity contribution is 7.99. The molecular formula is C25H24N4O4S. The van der Waals surface area contributed by atoms with Crippen molar-refractivity contribution in [2.24, 2.45) is 0 Å². The van der Waals surface area contributed by atoms with Crippen LogP contribution in [0.15, 0.2) is 68.3 Å². The van der Waals surface area contributed by atoms with Crippen molar-refractivity contribution in [3.05, 3.63) is 86.7 Å². The number of carbonyl (C=O) groups excluding carboxylic acids is 2. The zero-order valence-electron chi connectivity index (χ0n) is 18.6. The van der Waals surface area contributed by atoms with Gasteiger partial charge < -0.3 is 20.0 Å². The molecule has 0 radical (unpaired) electrons.